The SMILES string of the molecule is Cl.O=C1NCc2c(Cl)ccc(-c3cc4cc(CN5CCC(O)CC5)ccc4[nH]3)c21. The van der Waals surface area contributed by atoms with Crippen molar-refractivity contribution < 1.29 is 9.90 Å². The average Bonchev–Trinajstić information content (AvgIpc) is 3.28. The molecule has 5 nitrogen and oxygen atoms in total. The summed E-state index contributed by atoms with van der Waals surface area (Å²) in [6, 6.07) is 12.3. The number of rotatable bonds is 3. The van der Waals surface area contributed by atoms with Gasteiger partial charge < -0.3 is 15.4 Å². The second-order valence-electron chi connectivity index (χ2n) is 7.74. The van der Waals surface area contributed by atoms with Crippen molar-refractivity contribution in [2.24, 2.45) is 0 Å². The molecule has 3 N–H and O–H groups in total. The largest absolute Gasteiger partial charge is 0.393 e. The van der Waals surface area contributed by atoms with E-state index in [-0.39, 0.29) is 24.4 Å². The van der Waals surface area contributed by atoms with Crippen LogP contribution in [0, 0.1) is 0 Å². The zero-order valence-electron chi connectivity index (χ0n) is 15.9. The Morgan fingerprint density at radius 2 is 1.93 bits per heavy atom. The number of nitrogens with one attached hydrogen (secondary N) is 2. The number of carbonyl (C=O) groups is 1. The Balaban J connectivity index is 0.00000205. The molecule has 0 spiro atoms. The van der Waals surface area contributed by atoms with Crippen LogP contribution in [0.3, 0.4) is 0 Å². The quantitative estimate of drug-likeness (QED) is 0.584. The van der Waals surface area contributed by atoms with E-state index in [1.165, 1.54) is 5.56 Å². The van der Waals surface area contributed by atoms with Crippen LogP contribution in [-0.4, -0.2) is 40.1 Å². The van der Waals surface area contributed by atoms with Gasteiger partial charge in [-0.15, -0.1) is 12.4 Å². The van der Waals surface area contributed by atoms with Crippen LogP contribution in [0.2, 0.25) is 5.02 Å². The van der Waals surface area contributed by atoms with Gasteiger partial charge >= 0.3 is 0 Å². The van der Waals surface area contributed by atoms with Crippen molar-refractivity contribution in [2.45, 2.75) is 32.0 Å². The van der Waals surface area contributed by atoms with E-state index >= 15 is 0 Å². The monoisotopic (exact) mass is 431 g/mol. The molecule has 1 amide bonds. The average molecular weight is 432 g/mol. The van der Waals surface area contributed by atoms with Crippen LogP contribution in [0.5, 0.6) is 0 Å². The predicted molar refractivity (Wildman–Crippen MR) is 118 cm³/mol. The van der Waals surface area contributed by atoms with Crippen LogP contribution in [0.1, 0.15) is 34.3 Å². The highest BCUT2D eigenvalue weighted by Crippen LogP contribution is 2.34. The van der Waals surface area contributed by atoms with Gasteiger partial charge in [-0.1, -0.05) is 23.7 Å². The molecule has 5 rings (SSSR count). The normalized spacial score (nSPS) is 17.2. The fourth-order valence-corrected chi connectivity index (χ4v) is 4.52. The third-order valence-electron chi connectivity index (χ3n) is 5.85. The Morgan fingerprint density at radius 3 is 2.72 bits per heavy atom. The molecule has 1 saturated heterocycles. The van der Waals surface area contributed by atoms with E-state index in [0.717, 1.165) is 60.2 Å². The van der Waals surface area contributed by atoms with E-state index < -0.39 is 0 Å². The minimum atomic E-state index is -0.149. The molecule has 7 heteroatoms. The number of nitrogens with zero attached hydrogens (tertiary/aromatic N) is 1. The Hall–Kier alpha value is -2.05. The standard InChI is InChI=1S/C22H22ClN3O2.ClH/c23-18-3-2-16(21-17(18)11-24-22(21)28)20-10-14-9-13(1-4-19(14)25-20)12-26-7-5-15(27)6-8-26;/h1-4,9-10,15,25,27H,5-8,11-12H2,(H,24,28);1H. The number of aliphatic hydroxyl groups excluding tert-OH is 1. The van der Waals surface area contributed by atoms with Crippen LogP contribution < -0.4 is 5.32 Å². The number of H-pyrrole nitrogens is 1. The summed E-state index contributed by atoms with van der Waals surface area (Å²) in [6.07, 6.45) is 1.55. The lowest BCUT2D eigenvalue weighted by Gasteiger charge is -2.29. The van der Waals surface area contributed by atoms with Gasteiger partial charge in [0.2, 0.25) is 0 Å². The minimum absolute atomic E-state index is 0. The maximum Gasteiger partial charge on any atom is 0.252 e. The summed E-state index contributed by atoms with van der Waals surface area (Å²) in [6.45, 7) is 3.24. The first-order chi connectivity index (χ1) is 13.6. The number of fused-ring (bicyclic) bond motifs is 2. The zero-order chi connectivity index (χ0) is 19.3. The molecule has 0 saturated carbocycles. The van der Waals surface area contributed by atoms with Gasteiger partial charge in [0.1, 0.15) is 0 Å². The first kappa shape index (κ1) is 20.2. The summed E-state index contributed by atoms with van der Waals surface area (Å²) in [7, 11) is 0. The highest BCUT2D eigenvalue weighted by atomic mass is 35.5. The number of hydrogen-bond acceptors (Lipinski definition) is 3. The first-order valence-electron chi connectivity index (χ1n) is 9.70. The van der Waals surface area contributed by atoms with Crippen LogP contribution >= 0.6 is 24.0 Å². The second kappa shape index (κ2) is 8.00. The molecule has 1 fully saturated rings. The number of likely N-dealkylation sites (tertiary alicyclic amines) is 1. The third kappa shape index (κ3) is 3.76. The predicted octanol–water partition coefficient (Wildman–Crippen LogP) is 4.11. The summed E-state index contributed by atoms with van der Waals surface area (Å²) in [4.78, 5) is 18.2. The van der Waals surface area contributed by atoms with E-state index in [1.54, 1.807) is 0 Å². The van der Waals surface area contributed by atoms with Gasteiger partial charge in [-0.05, 0) is 42.7 Å². The molecule has 0 radical (unpaired) electrons. The van der Waals surface area contributed by atoms with Crippen LogP contribution in [0.15, 0.2) is 36.4 Å². The van der Waals surface area contributed by atoms with Crippen molar-refractivity contribution in [3.8, 4) is 11.3 Å². The van der Waals surface area contributed by atoms with Gasteiger partial charge in [-0.25, -0.2) is 0 Å². The lowest BCUT2D eigenvalue weighted by Crippen LogP contribution is -2.35. The van der Waals surface area contributed by atoms with Gasteiger partial charge in [0.05, 0.1) is 11.7 Å². The number of amides is 1. The Labute approximate surface area is 180 Å². The lowest BCUT2D eigenvalue weighted by atomic mass is 10.0. The van der Waals surface area contributed by atoms with E-state index in [0.29, 0.717) is 17.1 Å². The molecule has 0 unspecified atom stereocenters. The summed E-state index contributed by atoms with van der Waals surface area (Å²) < 4.78 is 0. The molecule has 1 aromatic heterocycles. The maximum absolute atomic E-state index is 12.3. The van der Waals surface area contributed by atoms with Gasteiger partial charge in [0.25, 0.3) is 5.91 Å². The highest BCUT2D eigenvalue weighted by molar-refractivity contribution is 6.32. The van der Waals surface area contributed by atoms with E-state index in [2.05, 4.69) is 39.5 Å². The van der Waals surface area contributed by atoms with Gasteiger partial charge in [-0.2, -0.15) is 0 Å². The van der Waals surface area contributed by atoms with Crippen molar-refractivity contribution in [1.82, 2.24) is 15.2 Å². The number of aliphatic hydroxyl groups is 1. The molecule has 3 heterocycles. The van der Waals surface area contributed by atoms with E-state index in [4.69, 9.17) is 11.6 Å². The summed E-state index contributed by atoms with van der Waals surface area (Å²) in [5, 5.41) is 14.3. The van der Waals surface area contributed by atoms with Crippen molar-refractivity contribution in [3.05, 3.63) is 58.1 Å². The molecule has 152 valence electrons. The van der Waals surface area contributed by atoms with Gasteiger partial charge in [0.15, 0.2) is 0 Å². The summed E-state index contributed by atoms with van der Waals surface area (Å²) in [5.41, 5.74) is 5.67. The molecule has 0 bridgehead atoms. The summed E-state index contributed by atoms with van der Waals surface area (Å²) >= 11 is 6.27. The topological polar surface area (TPSA) is 68.4 Å². The molecular weight excluding hydrogens is 409 g/mol. The van der Waals surface area contributed by atoms with Crippen molar-refractivity contribution in [1.29, 1.82) is 0 Å². The third-order valence-corrected chi connectivity index (χ3v) is 6.20. The minimum Gasteiger partial charge on any atom is -0.393 e. The molecule has 0 atom stereocenters. The number of piperidine rings is 1. The Morgan fingerprint density at radius 1 is 1.14 bits per heavy atom. The number of aromatic amines is 1. The maximum atomic E-state index is 12.3. The molecule has 2 aromatic carbocycles. The molecule has 2 aliphatic rings. The highest BCUT2D eigenvalue weighted by Gasteiger charge is 2.26. The molecule has 29 heavy (non-hydrogen) atoms. The molecular formula is C22H23Cl2N3O2. The molecule has 0 aliphatic carbocycles. The van der Waals surface area contributed by atoms with Crippen LogP contribution in [0.25, 0.3) is 22.2 Å². The van der Waals surface area contributed by atoms with Gasteiger partial charge in [-0.3, -0.25) is 9.69 Å². The van der Waals surface area contributed by atoms with Crippen LogP contribution in [-0.2, 0) is 13.1 Å². The fraction of sp³-hybridized carbons (Fsp3) is 0.318. The smallest absolute Gasteiger partial charge is 0.252 e. The number of benzene rings is 2. The first-order valence-corrected chi connectivity index (χ1v) is 10.1. The van der Waals surface area contributed by atoms with E-state index in [1.807, 2.05) is 12.1 Å². The number of aromatic nitrogens is 1. The number of halogens is 2. The van der Waals surface area contributed by atoms with Crippen molar-refractivity contribution >= 4 is 40.8 Å². The van der Waals surface area contributed by atoms with E-state index in [9.17, 15) is 9.90 Å². The lowest BCUT2D eigenvalue weighted by molar-refractivity contribution is 0.0792. The Kier molecular flexibility index (Phi) is 5.58. The van der Waals surface area contributed by atoms with Gasteiger partial charge in [0, 0.05) is 58.9 Å². The van der Waals surface area contributed by atoms with Crippen molar-refractivity contribution in [2.75, 3.05) is 13.1 Å². The second-order valence-corrected chi connectivity index (χ2v) is 8.15. The number of carbonyl (C=O) groups excluding carboxylic acids is 1. The molecule has 2 aliphatic heterocycles. The van der Waals surface area contributed by atoms with Crippen LogP contribution in [0.4, 0.5) is 0 Å². The van der Waals surface area contributed by atoms with Crippen molar-refractivity contribution in [3.63, 3.8) is 0 Å². The fourth-order valence-electron chi connectivity index (χ4n) is 4.30. The molecule has 3 aromatic rings. The summed E-state index contributed by atoms with van der Waals surface area (Å²) in [5.74, 6) is -0.0702. The Bertz CT molecular complexity index is 1070. The zero-order valence-corrected chi connectivity index (χ0v) is 17.4. The number of hydrogen-bond donors (Lipinski definition) is 3.